The molecule has 3 heteroatoms. The van der Waals surface area contributed by atoms with Gasteiger partial charge in [-0.25, -0.2) is 0 Å². The maximum Gasteiger partial charge on any atom is 0.0478 e. The quantitative estimate of drug-likeness (QED) is 0.550. The number of fused-ring (bicyclic) bond motifs is 1. The first-order valence-corrected chi connectivity index (χ1v) is 3.87. The van der Waals surface area contributed by atoms with Crippen LogP contribution >= 0.6 is 0 Å². The van der Waals surface area contributed by atoms with Crippen molar-refractivity contribution in [2.75, 3.05) is 5.73 Å². The summed E-state index contributed by atoms with van der Waals surface area (Å²) in [5.41, 5.74) is 14.3. The highest BCUT2D eigenvalue weighted by molar-refractivity contribution is 5.93. The molecule has 2 aromatic rings. The molecular formula is C9H11N3. The predicted octanol–water partition coefficient (Wildman–Crippen LogP) is 1.21. The van der Waals surface area contributed by atoms with E-state index in [0.29, 0.717) is 6.54 Å². The van der Waals surface area contributed by atoms with Crippen molar-refractivity contribution in [3.8, 4) is 0 Å². The Bertz CT molecular complexity index is 403. The van der Waals surface area contributed by atoms with Crippen LogP contribution in [-0.2, 0) is 6.54 Å². The predicted molar refractivity (Wildman–Crippen MR) is 50.6 cm³/mol. The van der Waals surface area contributed by atoms with Gasteiger partial charge in [-0.1, -0.05) is 6.07 Å². The van der Waals surface area contributed by atoms with Gasteiger partial charge in [-0.2, -0.15) is 0 Å². The average molecular weight is 161 g/mol. The largest absolute Gasteiger partial charge is 0.398 e. The van der Waals surface area contributed by atoms with Gasteiger partial charge in [-0.3, -0.25) is 0 Å². The molecule has 0 amide bonds. The highest BCUT2D eigenvalue weighted by Crippen LogP contribution is 2.23. The number of aromatic nitrogens is 1. The highest BCUT2D eigenvalue weighted by Gasteiger charge is 2.03. The van der Waals surface area contributed by atoms with Gasteiger partial charge in [0.15, 0.2) is 0 Å². The second-order valence-corrected chi connectivity index (χ2v) is 2.79. The van der Waals surface area contributed by atoms with Crippen LogP contribution < -0.4 is 11.5 Å². The van der Waals surface area contributed by atoms with E-state index >= 15 is 0 Å². The Hall–Kier alpha value is -1.48. The van der Waals surface area contributed by atoms with E-state index in [4.69, 9.17) is 11.5 Å². The number of benzene rings is 1. The van der Waals surface area contributed by atoms with Crippen LogP contribution in [0, 0.1) is 0 Å². The zero-order valence-corrected chi connectivity index (χ0v) is 6.67. The fourth-order valence-electron chi connectivity index (χ4n) is 1.45. The van der Waals surface area contributed by atoms with Crippen molar-refractivity contribution in [1.82, 2.24) is 4.98 Å². The molecule has 3 nitrogen and oxygen atoms in total. The molecule has 1 heterocycles. The maximum atomic E-state index is 5.80. The molecule has 0 unspecified atom stereocenters. The van der Waals surface area contributed by atoms with Crippen LogP contribution in [0.15, 0.2) is 24.4 Å². The summed E-state index contributed by atoms with van der Waals surface area (Å²) in [5, 5.41) is 1.06. The lowest BCUT2D eigenvalue weighted by Gasteiger charge is -1.97. The number of aromatic amines is 1. The van der Waals surface area contributed by atoms with Crippen LogP contribution in [0.5, 0.6) is 0 Å². The van der Waals surface area contributed by atoms with E-state index in [1.54, 1.807) is 0 Å². The maximum absolute atomic E-state index is 5.80. The smallest absolute Gasteiger partial charge is 0.0478 e. The van der Waals surface area contributed by atoms with Gasteiger partial charge < -0.3 is 16.5 Å². The van der Waals surface area contributed by atoms with Crippen LogP contribution in [0.4, 0.5) is 5.69 Å². The Morgan fingerprint density at radius 1 is 1.33 bits per heavy atom. The van der Waals surface area contributed by atoms with Gasteiger partial charge in [0.2, 0.25) is 0 Å². The van der Waals surface area contributed by atoms with E-state index in [0.717, 1.165) is 22.2 Å². The SMILES string of the molecule is NCc1c[nH]c2cccc(N)c12. The van der Waals surface area contributed by atoms with Gasteiger partial charge in [0, 0.05) is 29.3 Å². The Morgan fingerprint density at radius 3 is 2.92 bits per heavy atom. The zero-order chi connectivity index (χ0) is 8.55. The Labute approximate surface area is 70.4 Å². The summed E-state index contributed by atoms with van der Waals surface area (Å²) >= 11 is 0. The van der Waals surface area contributed by atoms with Crippen molar-refractivity contribution in [3.05, 3.63) is 30.0 Å². The number of anilines is 1. The molecule has 0 radical (unpaired) electrons. The number of hydrogen-bond acceptors (Lipinski definition) is 2. The number of hydrogen-bond donors (Lipinski definition) is 3. The minimum absolute atomic E-state index is 0.522. The van der Waals surface area contributed by atoms with E-state index in [1.807, 2.05) is 24.4 Å². The van der Waals surface area contributed by atoms with Gasteiger partial charge >= 0.3 is 0 Å². The van der Waals surface area contributed by atoms with Gasteiger partial charge in [0.25, 0.3) is 0 Å². The fourth-order valence-corrected chi connectivity index (χ4v) is 1.45. The molecular weight excluding hydrogens is 150 g/mol. The molecule has 0 aliphatic carbocycles. The molecule has 0 saturated heterocycles. The monoisotopic (exact) mass is 161 g/mol. The number of nitrogens with two attached hydrogens (primary N) is 2. The van der Waals surface area contributed by atoms with Crippen molar-refractivity contribution in [3.63, 3.8) is 0 Å². The minimum Gasteiger partial charge on any atom is -0.398 e. The number of nitrogen functional groups attached to an aromatic ring is 1. The van der Waals surface area contributed by atoms with Crippen molar-refractivity contribution in [2.45, 2.75) is 6.54 Å². The summed E-state index contributed by atoms with van der Waals surface area (Å²) in [4.78, 5) is 3.12. The summed E-state index contributed by atoms with van der Waals surface area (Å²) in [6, 6.07) is 5.80. The third kappa shape index (κ3) is 0.871. The molecule has 1 aromatic carbocycles. The molecule has 0 fully saturated rings. The standard InChI is InChI=1S/C9H11N3/c10-4-6-5-12-8-3-1-2-7(11)9(6)8/h1-3,5,12H,4,10-11H2. The summed E-state index contributed by atoms with van der Waals surface area (Å²) in [7, 11) is 0. The topological polar surface area (TPSA) is 67.8 Å². The minimum atomic E-state index is 0.522. The molecule has 0 aliphatic heterocycles. The third-order valence-corrected chi connectivity index (χ3v) is 2.04. The van der Waals surface area contributed by atoms with E-state index in [9.17, 15) is 0 Å². The summed E-state index contributed by atoms with van der Waals surface area (Å²) in [6.07, 6.45) is 1.90. The van der Waals surface area contributed by atoms with E-state index in [2.05, 4.69) is 4.98 Å². The molecule has 12 heavy (non-hydrogen) atoms. The van der Waals surface area contributed by atoms with Crippen molar-refractivity contribution < 1.29 is 0 Å². The number of nitrogens with one attached hydrogen (secondary N) is 1. The highest BCUT2D eigenvalue weighted by atomic mass is 14.7. The Balaban J connectivity index is 2.83. The van der Waals surface area contributed by atoms with Gasteiger partial charge in [-0.15, -0.1) is 0 Å². The molecule has 0 bridgehead atoms. The molecule has 5 N–H and O–H groups in total. The second-order valence-electron chi connectivity index (χ2n) is 2.79. The first kappa shape index (κ1) is 7.18. The van der Waals surface area contributed by atoms with Crippen LogP contribution in [0.2, 0.25) is 0 Å². The number of rotatable bonds is 1. The lowest BCUT2D eigenvalue weighted by atomic mass is 10.1. The first-order chi connectivity index (χ1) is 5.83. The van der Waals surface area contributed by atoms with Crippen LogP contribution in [0.25, 0.3) is 10.9 Å². The molecule has 62 valence electrons. The molecule has 0 atom stereocenters. The fraction of sp³-hybridized carbons (Fsp3) is 0.111. The van der Waals surface area contributed by atoms with Gasteiger partial charge in [0.05, 0.1) is 0 Å². The first-order valence-electron chi connectivity index (χ1n) is 3.87. The molecule has 1 aromatic heterocycles. The van der Waals surface area contributed by atoms with E-state index in [1.165, 1.54) is 0 Å². The average Bonchev–Trinajstić information content (AvgIpc) is 2.49. The second kappa shape index (κ2) is 2.53. The summed E-state index contributed by atoms with van der Waals surface area (Å²) in [5.74, 6) is 0. The van der Waals surface area contributed by atoms with Crippen LogP contribution in [0.1, 0.15) is 5.56 Å². The van der Waals surface area contributed by atoms with E-state index in [-0.39, 0.29) is 0 Å². The Kier molecular flexibility index (Phi) is 1.52. The van der Waals surface area contributed by atoms with Crippen LogP contribution in [0.3, 0.4) is 0 Å². The summed E-state index contributed by atoms with van der Waals surface area (Å²) < 4.78 is 0. The lowest BCUT2D eigenvalue weighted by molar-refractivity contribution is 1.08. The van der Waals surface area contributed by atoms with Crippen LogP contribution in [-0.4, -0.2) is 4.98 Å². The molecule has 2 rings (SSSR count). The third-order valence-electron chi connectivity index (χ3n) is 2.04. The molecule has 0 spiro atoms. The summed E-state index contributed by atoms with van der Waals surface area (Å²) in [6.45, 7) is 0.522. The molecule has 0 saturated carbocycles. The van der Waals surface area contributed by atoms with E-state index < -0.39 is 0 Å². The lowest BCUT2D eigenvalue weighted by Crippen LogP contribution is -1.96. The number of H-pyrrole nitrogens is 1. The zero-order valence-electron chi connectivity index (χ0n) is 6.67. The Morgan fingerprint density at radius 2 is 2.17 bits per heavy atom. The van der Waals surface area contributed by atoms with Crippen molar-refractivity contribution in [2.24, 2.45) is 5.73 Å². The molecule has 0 aliphatic rings. The van der Waals surface area contributed by atoms with Crippen molar-refractivity contribution in [1.29, 1.82) is 0 Å². The van der Waals surface area contributed by atoms with Crippen molar-refractivity contribution >= 4 is 16.6 Å². The normalized spacial score (nSPS) is 10.8. The van der Waals surface area contributed by atoms with Gasteiger partial charge in [-0.05, 0) is 17.7 Å². The van der Waals surface area contributed by atoms with Gasteiger partial charge in [0.1, 0.15) is 0 Å².